The van der Waals surface area contributed by atoms with Gasteiger partial charge < -0.3 is 4.74 Å². The maximum atomic E-state index is 10.9. The third kappa shape index (κ3) is 2.14. The molecule has 1 heterocycles. The second-order valence-electron chi connectivity index (χ2n) is 4.35. The first-order chi connectivity index (χ1) is 8.67. The summed E-state index contributed by atoms with van der Waals surface area (Å²) in [6, 6.07) is 9.43. The molecule has 0 saturated carbocycles. The van der Waals surface area contributed by atoms with Gasteiger partial charge in [0.05, 0.1) is 7.11 Å². The average molecular weight is 244 g/mol. The lowest BCUT2D eigenvalue weighted by molar-refractivity contribution is 0.111. The maximum absolute atomic E-state index is 10.9. The molecule has 18 heavy (non-hydrogen) atoms. The Bertz CT molecular complexity index is 559. The Labute approximate surface area is 106 Å². The van der Waals surface area contributed by atoms with Crippen molar-refractivity contribution in [3.05, 3.63) is 41.7 Å². The van der Waals surface area contributed by atoms with E-state index in [1.807, 2.05) is 30.3 Å². The molecule has 4 nitrogen and oxygen atoms in total. The van der Waals surface area contributed by atoms with Crippen LogP contribution in [0, 0.1) is 0 Å². The highest BCUT2D eigenvalue weighted by atomic mass is 16.5. The summed E-state index contributed by atoms with van der Waals surface area (Å²) in [5, 5.41) is 4.30. The Hall–Kier alpha value is -2.10. The summed E-state index contributed by atoms with van der Waals surface area (Å²) in [5.41, 5.74) is 2.27. The maximum Gasteiger partial charge on any atom is 0.170 e. The number of rotatable bonds is 4. The number of aldehydes is 1. The number of carbonyl (C=O) groups excluding carboxylic acids is 1. The largest absolute Gasteiger partial charge is 0.494 e. The molecule has 0 amide bonds. The molecule has 2 rings (SSSR count). The Morgan fingerprint density at radius 1 is 1.33 bits per heavy atom. The zero-order valence-corrected chi connectivity index (χ0v) is 10.8. The number of aromatic nitrogens is 2. The van der Waals surface area contributed by atoms with Crippen molar-refractivity contribution in [2.75, 3.05) is 7.11 Å². The molecule has 0 aliphatic rings. The van der Waals surface area contributed by atoms with Gasteiger partial charge in [-0.1, -0.05) is 26.0 Å². The minimum absolute atomic E-state index is 0.274. The van der Waals surface area contributed by atoms with Crippen LogP contribution in [0.1, 0.15) is 35.9 Å². The van der Waals surface area contributed by atoms with Crippen LogP contribution in [0.5, 0.6) is 5.75 Å². The molecular weight excluding hydrogens is 228 g/mol. The molecule has 0 radical (unpaired) electrons. The molecule has 0 N–H and O–H groups in total. The number of benzene rings is 1. The van der Waals surface area contributed by atoms with E-state index in [-0.39, 0.29) is 5.92 Å². The van der Waals surface area contributed by atoms with Crippen LogP contribution in [-0.4, -0.2) is 23.2 Å². The van der Waals surface area contributed by atoms with Crippen molar-refractivity contribution >= 4 is 6.29 Å². The summed E-state index contributed by atoms with van der Waals surface area (Å²) in [5.74, 6) is 1.01. The summed E-state index contributed by atoms with van der Waals surface area (Å²) in [4.78, 5) is 10.9. The lowest BCUT2D eigenvalue weighted by Gasteiger charge is -2.13. The standard InChI is InChI=1S/C14H16N2O2/c1-10(2)13-8-11(9-17)15-16(13)12-6-4-5-7-14(12)18-3/h4-10H,1-3H3. The van der Waals surface area contributed by atoms with E-state index in [1.165, 1.54) is 0 Å². The fraction of sp³-hybridized carbons (Fsp3) is 0.286. The second-order valence-corrected chi connectivity index (χ2v) is 4.35. The third-order valence-corrected chi connectivity index (χ3v) is 2.78. The highest BCUT2D eigenvalue weighted by molar-refractivity contribution is 5.72. The van der Waals surface area contributed by atoms with E-state index in [9.17, 15) is 4.79 Å². The fourth-order valence-electron chi connectivity index (χ4n) is 1.88. The molecule has 0 saturated heterocycles. The first-order valence-electron chi connectivity index (χ1n) is 5.86. The van der Waals surface area contributed by atoms with E-state index in [4.69, 9.17) is 4.74 Å². The van der Waals surface area contributed by atoms with Crippen LogP contribution in [0.2, 0.25) is 0 Å². The number of hydrogen-bond donors (Lipinski definition) is 0. The monoisotopic (exact) mass is 244 g/mol. The molecule has 0 bridgehead atoms. The number of carbonyl (C=O) groups is 1. The molecule has 0 fully saturated rings. The lowest BCUT2D eigenvalue weighted by atomic mass is 10.1. The van der Waals surface area contributed by atoms with Crippen molar-refractivity contribution in [3.63, 3.8) is 0 Å². The van der Waals surface area contributed by atoms with Crippen LogP contribution in [-0.2, 0) is 0 Å². The van der Waals surface area contributed by atoms with Crippen molar-refractivity contribution in [1.82, 2.24) is 9.78 Å². The summed E-state index contributed by atoms with van der Waals surface area (Å²) >= 11 is 0. The van der Waals surface area contributed by atoms with Crippen LogP contribution in [0.25, 0.3) is 5.69 Å². The Balaban J connectivity index is 2.62. The van der Waals surface area contributed by atoms with Gasteiger partial charge in [0.25, 0.3) is 0 Å². The summed E-state index contributed by atoms with van der Waals surface area (Å²) in [6.45, 7) is 4.13. The number of ether oxygens (including phenoxy) is 1. The van der Waals surface area contributed by atoms with Gasteiger partial charge in [-0.3, -0.25) is 4.79 Å². The molecule has 0 aliphatic carbocycles. The van der Waals surface area contributed by atoms with Gasteiger partial charge in [0.2, 0.25) is 0 Å². The number of hydrogen-bond acceptors (Lipinski definition) is 3. The number of methoxy groups -OCH3 is 1. The van der Waals surface area contributed by atoms with Crippen LogP contribution in [0.15, 0.2) is 30.3 Å². The van der Waals surface area contributed by atoms with E-state index in [2.05, 4.69) is 18.9 Å². The predicted octanol–water partition coefficient (Wildman–Crippen LogP) is 2.82. The van der Waals surface area contributed by atoms with Crippen molar-refractivity contribution in [1.29, 1.82) is 0 Å². The zero-order chi connectivity index (χ0) is 13.1. The van der Waals surface area contributed by atoms with Crippen LogP contribution in [0.4, 0.5) is 0 Å². The summed E-state index contributed by atoms with van der Waals surface area (Å²) in [7, 11) is 1.62. The quantitative estimate of drug-likeness (QED) is 0.777. The highest BCUT2D eigenvalue weighted by Gasteiger charge is 2.14. The smallest absolute Gasteiger partial charge is 0.170 e. The molecule has 1 aromatic carbocycles. The molecule has 94 valence electrons. The van der Waals surface area contributed by atoms with E-state index >= 15 is 0 Å². The SMILES string of the molecule is COc1ccccc1-n1nc(C=O)cc1C(C)C. The molecule has 1 aromatic heterocycles. The Morgan fingerprint density at radius 2 is 2.06 bits per heavy atom. The van der Waals surface area contributed by atoms with Crippen molar-refractivity contribution in [3.8, 4) is 11.4 Å². The molecule has 0 atom stereocenters. The second kappa shape index (κ2) is 5.04. The van der Waals surface area contributed by atoms with Gasteiger partial charge in [-0.2, -0.15) is 5.10 Å². The van der Waals surface area contributed by atoms with Gasteiger partial charge in [0.1, 0.15) is 17.1 Å². The Kier molecular flexibility index (Phi) is 3.46. The van der Waals surface area contributed by atoms with E-state index < -0.39 is 0 Å². The fourth-order valence-corrected chi connectivity index (χ4v) is 1.88. The summed E-state index contributed by atoms with van der Waals surface area (Å²) in [6.07, 6.45) is 0.762. The van der Waals surface area contributed by atoms with Crippen LogP contribution in [0.3, 0.4) is 0 Å². The topological polar surface area (TPSA) is 44.1 Å². The molecule has 0 spiro atoms. The average Bonchev–Trinajstić information content (AvgIpc) is 2.83. The molecule has 2 aromatic rings. The van der Waals surface area contributed by atoms with Crippen LogP contribution < -0.4 is 4.74 Å². The predicted molar refractivity (Wildman–Crippen MR) is 69.6 cm³/mol. The highest BCUT2D eigenvalue weighted by Crippen LogP contribution is 2.26. The first-order valence-corrected chi connectivity index (χ1v) is 5.86. The molecule has 4 heteroatoms. The molecule has 0 aliphatic heterocycles. The van der Waals surface area contributed by atoms with Gasteiger partial charge in [-0.05, 0) is 24.1 Å². The molecular formula is C14H16N2O2. The van der Waals surface area contributed by atoms with Crippen LogP contribution >= 0.6 is 0 Å². The summed E-state index contributed by atoms with van der Waals surface area (Å²) < 4.78 is 7.10. The van der Waals surface area contributed by atoms with Gasteiger partial charge >= 0.3 is 0 Å². The zero-order valence-electron chi connectivity index (χ0n) is 10.8. The van der Waals surface area contributed by atoms with Crippen molar-refractivity contribution < 1.29 is 9.53 Å². The van der Waals surface area contributed by atoms with E-state index in [0.717, 1.165) is 23.4 Å². The van der Waals surface area contributed by atoms with E-state index in [1.54, 1.807) is 11.8 Å². The minimum atomic E-state index is 0.274. The van der Waals surface area contributed by atoms with Gasteiger partial charge in [0, 0.05) is 5.69 Å². The van der Waals surface area contributed by atoms with E-state index in [0.29, 0.717) is 5.69 Å². The number of para-hydroxylation sites is 2. The first kappa shape index (κ1) is 12.4. The van der Waals surface area contributed by atoms with Gasteiger partial charge in [-0.15, -0.1) is 0 Å². The van der Waals surface area contributed by atoms with Crippen molar-refractivity contribution in [2.24, 2.45) is 0 Å². The third-order valence-electron chi connectivity index (χ3n) is 2.78. The Morgan fingerprint density at radius 3 is 2.67 bits per heavy atom. The molecule has 0 unspecified atom stereocenters. The number of nitrogens with zero attached hydrogens (tertiary/aromatic N) is 2. The van der Waals surface area contributed by atoms with Gasteiger partial charge in [-0.25, -0.2) is 4.68 Å². The lowest BCUT2D eigenvalue weighted by Crippen LogP contribution is -2.05. The minimum Gasteiger partial charge on any atom is -0.494 e. The normalized spacial score (nSPS) is 10.7. The van der Waals surface area contributed by atoms with Gasteiger partial charge in [0.15, 0.2) is 6.29 Å². The van der Waals surface area contributed by atoms with Crippen molar-refractivity contribution in [2.45, 2.75) is 19.8 Å².